The second kappa shape index (κ2) is 83.0. The molecule has 0 bridgehead atoms. The molecule has 97 heavy (non-hydrogen) atoms. The summed E-state index contributed by atoms with van der Waals surface area (Å²) < 4.78 is 5.17. The third-order valence-corrected chi connectivity index (χ3v) is 18.7. The van der Waals surface area contributed by atoms with Crippen LogP contribution in [0, 0.1) is 0 Å². The maximum atomic E-state index is 11.8. The predicted octanol–water partition coefficient (Wildman–Crippen LogP) is 20.2. The minimum absolute atomic E-state index is 0.000710. The first-order valence-electron chi connectivity index (χ1n) is 34.5. The average Bonchev–Trinajstić information content (AvgIpc) is 3.29. The molecule has 0 heterocycles. The standard InChI is InChI=1S/C29H46N2O3S2.C26H40N2O2S2.C24H38N2OS2/c1-5-6-7-8-9-10-11-12-13-14-15-16-17-18-19-20-21-22-27(32)30-23-25-35-36-26-24-31-28(33)34-29(2,3)4;1-3-4-5-6-7-8-9-10-11-12-13-14-15-16-17-18-19-20-26(30)28-22-24-32-31-23-21-27-25(2)29;1-2-3-4-5-6-7-8-9-10-11-12-13-14-15-16-17-18-19-24(27)26-21-23-29-28-22-20-25/h6-7,9-10,12-13,15-16,18-19,21-22H,5,8,11,14,17,20,23-26H2,1-4H3,(H,30,32)(H,31,33);4-5,7-8,10-11,13-14,16-17,19-20H,3,6,9,12,15,18,21-24H2,1-2H3,(H,27,29)(H,28,30);3-4,6-7,9-10,12-13,15-16,18-19H,2,5,8,11,14,17,20-23,25H2,1H3,(H,26,27)/b7-6-,10-9-,13-12-,16-15-,19-18-,22-21-;5-4-,8-7-,11-10-,14-13-,17-16-,20-19-;4-3-,7-6-,10-9-,13-12-,16-15-,19-18-. The summed E-state index contributed by atoms with van der Waals surface area (Å²) in [4.78, 5) is 57.4. The largest absolute Gasteiger partial charge is 0.444 e. The molecule has 0 aliphatic heterocycles. The molecule has 0 saturated heterocycles. The van der Waals surface area contributed by atoms with Crippen LogP contribution in [0.4, 0.5) is 4.79 Å². The van der Waals surface area contributed by atoms with E-state index in [1.807, 2.05) is 39.0 Å². The summed E-state index contributed by atoms with van der Waals surface area (Å²) in [5.74, 6) is 5.01. The summed E-state index contributed by atoms with van der Waals surface area (Å²) in [6, 6.07) is 0. The van der Waals surface area contributed by atoms with Gasteiger partial charge in [0.15, 0.2) is 0 Å². The van der Waals surface area contributed by atoms with Gasteiger partial charge in [-0.2, -0.15) is 0 Å². The average molecular weight is 1450 g/mol. The van der Waals surface area contributed by atoms with Gasteiger partial charge in [0.25, 0.3) is 0 Å². The Morgan fingerprint density at radius 3 is 0.701 bits per heavy atom. The van der Waals surface area contributed by atoms with Gasteiger partial charge >= 0.3 is 6.09 Å². The number of hydrogen-bond donors (Lipinski definition) is 6. The van der Waals surface area contributed by atoms with Gasteiger partial charge in [-0.1, -0.05) is 286 Å². The monoisotopic (exact) mass is 1440 g/mol. The van der Waals surface area contributed by atoms with E-state index in [0.717, 1.165) is 150 Å². The van der Waals surface area contributed by atoms with Crippen LogP contribution in [0.5, 0.6) is 0 Å². The number of hydrogen-bond acceptors (Lipinski definition) is 13. The Morgan fingerprint density at radius 1 is 0.299 bits per heavy atom. The minimum atomic E-state index is -0.479. The summed E-state index contributed by atoms with van der Waals surface area (Å²) in [5.41, 5.74) is 4.94. The summed E-state index contributed by atoms with van der Waals surface area (Å²) >= 11 is 0. The molecule has 0 atom stereocenters. The topological polar surface area (TPSA) is 181 Å². The predicted molar refractivity (Wildman–Crippen MR) is 440 cm³/mol. The van der Waals surface area contributed by atoms with Gasteiger partial charge in [-0.05, 0) is 155 Å². The lowest BCUT2D eigenvalue weighted by Crippen LogP contribution is -2.33. The summed E-state index contributed by atoms with van der Waals surface area (Å²) in [6.45, 7) is 17.3. The number of rotatable bonds is 56. The van der Waals surface area contributed by atoms with Crippen molar-refractivity contribution in [1.82, 2.24) is 26.6 Å². The molecule has 0 aliphatic carbocycles. The molecule has 0 unspecified atom stereocenters. The van der Waals surface area contributed by atoms with Crippen LogP contribution in [0.1, 0.15) is 164 Å². The molecule has 0 saturated carbocycles. The third kappa shape index (κ3) is 94.8. The molecule has 5 amide bonds. The van der Waals surface area contributed by atoms with Gasteiger partial charge in [-0.3, -0.25) is 19.2 Å². The zero-order chi connectivity index (χ0) is 71.5. The second-order valence-corrected chi connectivity index (χ2v) is 29.7. The van der Waals surface area contributed by atoms with E-state index < -0.39 is 11.7 Å². The van der Waals surface area contributed by atoms with Gasteiger partial charge < -0.3 is 37.1 Å². The molecular formula is C79H124N6O6S6. The molecule has 0 aromatic rings. The van der Waals surface area contributed by atoms with E-state index in [9.17, 15) is 24.0 Å². The Morgan fingerprint density at radius 2 is 0.495 bits per heavy atom. The van der Waals surface area contributed by atoms with Crippen molar-refractivity contribution in [2.45, 2.75) is 170 Å². The van der Waals surface area contributed by atoms with Gasteiger partial charge in [0, 0.05) is 80.7 Å². The van der Waals surface area contributed by atoms with E-state index >= 15 is 0 Å². The lowest BCUT2D eigenvalue weighted by molar-refractivity contribution is -0.119. The van der Waals surface area contributed by atoms with Crippen molar-refractivity contribution in [2.75, 3.05) is 73.8 Å². The molecule has 0 fully saturated rings. The number of nitrogens with two attached hydrogens (primary N) is 1. The molecule has 0 aromatic carbocycles. The van der Waals surface area contributed by atoms with Crippen LogP contribution in [0.3, 0.4) is 0 Å². The third-order valence-electron chi connectivity index (χ3n) is 11.4. The number of alkyl carbamates (subject to hydrolysis) is 1. The van der Waals surface area contributed by atoms with E-state index in [2.05, 4.69) is 230 Å². The summed E-state index contributed by atoms with van der Waals surface area (Å²) in [5, 5.41) is 14.1. The normalized spacial score (nSPS) is 12.7. The van der Waals surface area contributed by atoms with Crippen molar-refractivity contribution in [1.29, 1.82) is 0 Å². The zero-order valence-electron chi connectivity index (χ0n) is 60.0. The first kappa shape index (κ1) is 95.7. The van der Waals surface area contributed by atoms with Crippen LogP contribution < -0.4 is 32.3 Å². The molecular weight excluding hydrogens is 1320 g/mol. The van der Waals surface area contributed by atoms with Crippen molar-refractivity contribution in [3.63, 3.8) is 0 Å². The van der Waals surface area contributed by atoms with E-state index in [-0.39, 0.29) is 23.6 Å². The molecule has 0 rings (SSSR count). The van der Waals surface area contributed by atoms with Crippen LogP contribution in [0.2, 0.25) is 0 Å². The lowest BCUT2D eigenvalue weighted by Gasteiger charge is -2.19. The number of carbonyl (C=O) groups is 5. The van der Waals surface area contributed by atoms with Crippen molar-refractivity contribution in [3.05, 3.63) is 219 Å². The lowest BCUT2D eigenvalue weighted by atomic mass is 10.2. The Balaban J connectivity index is -0.00000137. The highest BCUT2D eigenvalue weighted by Gasteiger charge is 2.15. The van der Waals surface area contributed by atoms with Gasteiger partial charge in [0.05, 0.1) is 0 Å². The first-order valence-corrected chi connectivity index (χ1v) is 42.0. The SMILES string of the molecule is CC/C=C\C/C=C\C/C=C\C/C=C\C/C=C\C/C=C\C(=O)NCCSSCCN.CC/C=C\C/C=C\C/C=C\C/C=C\C/C=C\C/C=C\C(=O)NCCSSCCNC(=O)OC(C)(C)C.CC/C=C\C/C=C\C/C=C\C/C=C\C/C=C\C/C=C\C(=O)NCCSSCCNC(C)=O. The smallest absolute Gasteiger partial charge is 0.407 e. The fourth-order valence-corrected chi connectivity index (χ4v) is 12.2. The van der Waals surface area contributed by atoms with Crippen LogP contribution in [-0.2, 0) is 23.9 Å². The second-order valence-electron chi connectivity index (χ2n) is 21.5. The number of nitrogens with one attached hydrogen (secondary N) is 5. The molecule has 0 aromatic heterocycles. The number of allylic oxidation sites excluding steroid dienone is 33. The Bertz CT molecular complexity index is 2480. The van der Waals surface area contributed by atoms with Crippen LogP contribution in [-0.4, -0.2) is 109 Å². The Kier molecular flexibility index (Phi) is 81.9. The van der Waals surface area contributed by atoms with Crippen LogP contribution in [0.25, 0.3) is 0 Å². The van der Waals surface area contributed by atoms with Gasteiger partial charge in [-0.15, -0.1) is 0 Å². The molecule has 0 aliphatic rings. The maximum absolute atomic E-state index is 11.8. The van der Waals surface area contributed by atoms with Crippen LogP contribution >= 0.6 is 64.8 Å². The molecule has 542 valence electrons. The number of amides is 5. The highest BCUT2D eigenvalue weighted by atomic mass is 33.1. The van der Waals surface area contributed by atoms with E-state index in [0.29, 0.717) is 39.3 Å². The van der Waals surface area contributed by atoms with E-state index in [4.69, 9.17) is 10.5 Å². The van der Waals surface area contributed by atoms with Gasteiger partial charge in [0.1, 0.15) is 5.60 Å². The van der Waals surface area contributed by atoms with Crippen LogP contribution in [0.15, 0.2) is 219 Å². The fraction of sp³-hybridized carbons (Fsp3) is 0.481. The molecule has 12 nitrogen and oxygen atoms in total. The fourth-order valence-electron chi connectivity index (χ4n) is 6.81. The van der Waals surface area contributed by atoms with Gasteiger partial charge in [-0.25, -0.2) is 4.79 Å². The zero-order valence-corrected chi connectivity index (χ0v) is 64.9. The van der Waals surface area contributed by atoms with Crippen molar-refractivity contribution in [2.24, 2.45) is 5.73 Å². The van der Waals surface area contributed by atoms with Crippen molar-refractivity contribution >= 4 is 94.5 Å². The molecule has 0 radical (unpaired) electrons. The summed E-state index contributed by atoms with van der Waals surface area (Å²) in [7, 11) is 10.2. The van der Waals surface area contributed by atoms with Crippen molar-refractivity contribution < 1.29 is 28.7 Å². The molecule has 18 heteroatoms. The van der Waals surface area contributed by atoms with E-state index in [1.54, 1.807) is 83.0 Å². The summed E-state index contributed by atoms with van der Waals surface area (Å²) in [6.07, 6.45) is 92.5. The number of carbonyl (C=O) groups excluding carboxylic acids is 5. The van der Waals surface area contributed by atoms with E-state index in [1.165, 1.54) is 6.92 Å². The first-order chi connectivity index (χ1) is 47.3. The Labute approximate surface area is 613 Å². The Hall–Kier alpha value is -5.47. The highest BCUT2D eigenvalue weighted by molar-refractivity contribution is 8.77. The molecule has 7 N–H and O–H groups in total. The number of ether oxygens (including phenoxy) is 1. The van der Waals surface area contributed by atoms with Crippen molar-refractivity contribution in [3.8, 4) is 0 Å². The highest BCUT2D eigenvalue weighted by Crippen LogP contribution is 2.21. The maximum Gasteiger partial charge on any atom is 0.407 e. The quantitative estimate of drug-likeness (QED) is 0.0147. The minimum Gasteiger partial charge on any atom is -0.444 e. The molecule has 0 spiro atoms. The van der Waals surface area contributed by atoms with Gasteiger partial charge in [0.2, 0.25) is 23.6 Å².